The Balaban J connectivity index is 2.91. The van der Waals surface area contributed by atoms with E-state index in [2.05, 4.69) is 21.2 Å². The zero-order valence-corrected chi connectivity index (χ0v) is 15.0. The molecule has 0 aliphatic carbocycles. The Kier molecular flexibility index (Phi) is 6.79. The van der Waals surface area contributed by atoms with E-state index >= 15 is 0 Å². The van der Waals surface area contributed by atoms with Gasteiger partial charge >= 0.3 is 0 Å². The van der Waals surface area contributed by atoms with Crippen molar-refractivity contribution in [3.05, 3.63) is 27.2 Å². The van der Waals surface area contributed by atoms with Gasteiger partial charge in [-0.1, -0.05) is 11.6 Å². The maximum atomic E-state index is 11.9. The van der Waals surface area contributed by atoms with Crippen LogP contribution >= 0.6 is 27.5 Å². The monoisotopic (exact) mass is 416 g/mol. The summed E-state index contributed by atoms with van der Waals surface area (Å²) in [7, 11) is -4.92. The normalized spacial score (nSPS) is 13.0. The second-order valence-electron chi connectivity index (χ2n) is 4.20. The molecule has 0 saturated heterocycles. The van der Waals surface area contributed by atoms with Gasteiger partial charge in [-0.05, 0) is 34.5 Å². The summed E-state index contributed by atoms with van der Waals surface area (Å²) in [5, 5.41) is 7.74. The lowest BCUT2D eigenvalue weighted by Crippen LogP contribution is -2.26. The highest BCUT2D eigenvalue weighted by Crippen LogP contribution is 2.30. The third-order valence-corrected chi connectivity index (χ3v) is 5.90. The van der Waals surface area contributed by atoms with E-state index in [4.69, 9.17) is 16.7 Å². The zero-order chi connectivity index (χ0) is 16.2. The van der Waals surface area contributed by atoms with Crippen molar-refractivity contribution in [1.82, 2.24) is 5.32 Å². The van der Waals surface area contributed by atoms with Crippen molar-refractivity contribution in [2.45, 2.75) is 11.3 Å². The van der Waals surface area contributed by atoms with Crippen LogP contribution in [0.5, 0.6) is 0 Å². The molecule has 0 heterocycles. The highest BCUT2D eigenvalue weighted by atomic mass is 79.9. The van der Waals surface area contributed by atoms with Crippen LogP contribution in [0.4, 0.5) is 0 Å². The van der Waals surface area contributed by atoms with Crippen molar-refractivity contribution >= 4 is 54.3 Å². The van der Waals surface area contributed by atoms with E-state index < -0.39 is 26.7 Å². The largest absolute Gasteiger partial charge is 0.352 e. The van der Waals surface area contributed by atoms with Crippen molar-refractivity contribution in [2.75, 3.05) is 18.6 Å². The van der Waals surface area contributed by atoms with Crippen LogP contribution in [0.1, 0.15) is 16.8 Å². The van der Waals surface area contributed by atoms with Gasteiger partial charge in [-0.15, -0.1) is 0 Å². The first-order valence-corrected chi connectivity index (χ1v) is 10.2. The lowest BCUT2D eigenvalue weighted by atomic mass is 10.2. The first kappa shape index (κ1) is 18.6. The van der Waals surface area contributed by atoms with Gasteiger partial charge < -0.3 is 5.32 Å². The molecule has 0 radical (unpaired) electrons. The predicted octanol–water partition coefficient (Wildman–Crippen LogP) is 1.25. The average molecular weight is 418 g/mol. The van der Waals surface area contributed by atoms with Crippen molar-refractivity contribution < 1.29 is 17.4 Å². The highest BCUT2D eigenvalue weighted by molar-refractivity contribution is 9.10. The molecule has 3 N–H and O–H groups in total. The molecule has 0 spiro atoms. The molecule has 118 valence electrons. The fraction of sp³-hybridized carbons (Fsp3) is 0.364. The van der Waals surface area contributed by atoms with Crippen molar-refractivity contribution in [3.8, 4) is 0 Å². The van der Waals surface area contributed by atoms with Gasteiger partial charge in [0.15, 0.2) is 0 Å². The smallest absolute Gasteiger partial charge is 0.251 e. The van der Waals surface area contributed by atoms with Gasteiger partial charge in [0.05, 0.1) is 14.4 Å². The Morgan fingerprint density at radius 1 is 1.48 bits per heavy atom. The average Bonchev–Trinajstić information content (AvgIpc) is 2.35. The second kappa shape index (κ2) is 7.68. The van der Waals surface area contributed by atoms with Crippen LogP contribution in [-0.4, -0.2) is 37.1 Å². The van der Waals surface area contributed by atoms with Crippen LogP contribution < -0.4 is 10.5 Å². The Morgan fingerprint density at radius 2 is 2.10 bits per heavy atom. The second-order valence-corrected chi connectivity index (χ2v) is 8.49. The first-order chi connectivity index (χ1) is 9.62. The fourth-order valence-electron chi connectivity index (χ4n) is 1.48. The summed E-state index contributed by atoms with van der Waals surface area (Å²) in [4.78, 5) is 11.7. The van der Waals surface area contributed by atoms with Crippen LogP contribution in [0.15, 0.2) is 21.5 Å². The zero-order valence-electron chi connectivity index (χ0n) is 11.1. The third-order valence-electron chi connectivity index (χ3n) is 2.46. The number of rotatable bonds is 6. The molecule has 0 aliphatic heterocycles. The minimum absolute atomic E-state index is 0.0707. The number of sulfonamides is 1. The molecule has 6 nitrogen and oxygen atoms in total. The van der Waals surface area contributed by atoms with Crippen molar-refractivity contribution in [2.24, 2.45) is 5.14 Å². The Morgan fingerprint density at radius 3 is 2.62 bits per heavy atom. The molecule has 21 heavy (non-hydrogen) atoms. The lowest BCUT2D eigenvalue weighted by Gasteiger charge is -2.09. The molecule has 1 atom stereocenters. The summed E-state index contributed by atoms with van der Waals surface area (Å²) in [6, 6.07) is 2.49. The molecule has 0 fully saturated rings. The number of carbonyl (C=O) groups is 1. The third kappa shape index (κ3) is 5.67. The van der Waals surface area contributed by atoms with Gasteiger partial charge in [-0.25, -0.2) is 13.6 Å². The SMILES string of the molecule is CS(=O)CCCNC(=O)c1cc(Cl)c(Br)c(S(N)(=O)=O)c1. The van der Waals surface area contributed by atoms with Gasteiger partial charge in [-0.2, -0.15) is 0 Å². The topological polar surface area (TPSA) is 106 Å². The number of primary sulfonamides is 1. The summed E-state index contributed by atoms with van der Waals surface area (Å²) in [6.45, 7) is 0.330. The highest BCUT2D eigenvalue weighted by Gasteiger charge is 2.19. The Bertz CT molecular complexity index is 679. The maximum Gasteiger partial charge on any atom is 0.251 e. The van der Waals surface area contributed by atoms with E-state index in [-0.39, 0.29) is 20.0 Å². The molecule has 1 aromatic carbocycles. The summed E-state index contributed by atoms with van der Waals surface area (Å²) >= 11 is 8.91. The first-order valence-electron chi connectivity index (χ1n) is 5.73. The van der Waals surface area contributed by atoms with Gasteiger partial charge in [-0.3, -0.25) is 9.00 Å². The number of hydrogen-bond acceptors (Lipinski definition) is 4. The Hall–Kier alpha value is -0.480. The van der Waals surface area contributed by atoms with Crippen LogP contribution in [0.2, 0.25) is 5.02 Å². The number of hydrogen-bond donors (Lipinski definition) is 2. The molecule has 0 saturated carbocycles. The van der Waals surface area contributed by atoms with Crippen LogP contribution in [0, 0.1) is 0 Å². The van der Waals surface area contributed by atoms with Crippen LogP contribution in [0.3, 0.4) is 0 Å². The summed E-state index contributed by atoms with van der Waals surface area (Å²) in [6.07, 6.45) is 2.13. The van der Waals surface area contributed by atoms with E-state index in [0.717, 1.165) is 6.07 Å². The summed E-state index contributed by atoms with van der Waals surface area (Å²) < 4.78 is 33.9. The molecule has 1 unspecified atom stereocenters. The number of benzene rings is 1. The molecule has 0 bridgehead atoms. The van der Waals surface area contributed by atoms with Crippen molar-refractivity contribution in [3.63, 3.8) is 0 Å². The molecular weight excluding hydrogens is 404 g/mol. The molecule has 0 aromatic heterocycles. The molecule has 10 heteroatoms. The predicted molar refractivity (Wildman–Crippen MR) is 86.4 cm³/mol. The minimum atomic E-state index is -4.00. The summed E-state index contributed by atoms with van der Waals surface area (Å²) in [5.74, 6) is 0.000241. The molecule has 1 amide bonds. The quantitative estimate of drug-likeness (QED) is 0.679. The van der Waals surface area contributed by atoms with E-state index in [0.29, 0.717) is 18.7 Å². The Labute approximate surface area is 139 Å². The standard InChI is InChI=1S/C11H14BrClN2O4S2/c1-20(17)4-2-3-15-11(16)7-5-8(13)10(12)9(6-7)21(14,18)19/h5-6H,2-4H2,1H3,(H,15,16)(H2,14,18,19). The van der Waals surface area contributed by atoms with Crippen LogP contribution in [-0.2, 0) is 20.8 Å². The van der Waals surface area contributed by atoms with E-state index in [9.17, 15) is 17.4 Å². The van der Waals surface area contributed by atoms with Gasteiger partial charge in [0.2, 0.25) is 10.0 Å². The van der Waals surface area contributed by atoms with Gasteiger partial charge in [0.1, 0.15) is 0 Å². The summed E-state index contributed by atoms with van der Waals surface area (Å²) in [5.41, 5.74) is 0.0878. The van der Waals surface area contributed by atoms with E-state index in [1.807, 2.05) is 0 Å². The number of carbonyl (C=O) groups excluding carboxylic acids is 1. The van der Waals surface area contributed by atoms with E-state index in [1.165, 1.54) is 6.07 Å². The molecule has 1 aromatic rings. The van der Waals surface area contributed by atoms with Gasteiger partial charge in [0, 0.05) is 34.9 Å². The van der Waals surface area contributed by atoms with Crippen LogP contribution in [0.25, 0.3) is 0 Å². The number of halogens is 2. The number of nitrogens with one attached hydrogen (secondary N) is 1. The van der Waals surface area contributed by atoms with Crippen molar-refractivity contribution in [1.29, 1.82) is 0 Å². The molecule has 1 rings (SSSR count). The maximum absolute atomic E-state index is 11.9. The number of nitrogens with two attached hydrogens (primary N) is 1. The fourth-order valence-corrected chi connectivity index (χ4v) is 3.86. The molecule has 0 aliphatic rings. The molecular formula is C11H14BrClN2O4S2. The minimum Gasteiger partial charge on any atom is -0.352 e. The van der Waals surface area contributed by atoms with Gasteiger partial charge in [0.25, 0.3) is 5.91 Å². The number of amides is 1. The lowest BCUT2D eigenvalue weighted by molar-refractivity contribution is 0.0953. The van der Waals surface area contributed by atoms with E-state index in [1.54, 1.807) is 6.26 Å².